The van der Waals surface area contributed by atoms with Crippen LogP contribution >= 0.6 is 0 Å². The number of primary amides is 1. The third-order valence-electron chi connectivity index (χ3n) is 8.44. The van der Waals surface area contributed by atoms with E-state index in [1.807, 2.05) is 38.1 Å². The molecule has 1 aliphatic carbocycles. The lowest BCUT2D eigenvalue weighted by molar-refractivity contribution is -0.132. The van der Waals surface area contributed by atoms with Crippen molar-refractivity contribution in [3.05, 3.63) is 83.0 Å². The average molecular weight is 562 g/mol. The quantitative estimate of drug-likeness (QED) is 0.391. The molecule has 216 valence electrons. The Morgan fingerprint density at radius 2 is 1.93 bits per heavy atom. The zero-order chi connectivity index (χ0) is 29.3. The van der Waals surface area contributed by atoms with E-state index in [2.05, 4.69) is 20.9 Å². The second-order valence-corrected chi connectivity index (χ2v) is 11.0. The molecule has 2 heterocycles. The van der Waals surface area contributed by atoms with E-state index in [4.69, 9.17) is 10.5 Å². The number of halogens is 1. The molecule has 3 amide bonds. The third-order valence-corrected chi connectivity index (χ3v) is 8.44. The summed E-state index contributed by atoms with van der Waals surface area (Å²) < 4.78 is 21.0. The van der Waals surface area contributed by atoms with Gasteiger partial charge in [0.05, 0.1) is 5.70 Å². The molecule has 0 spiro atoms. The van der Waals surface area contributed by atoms with Crippen molar-refractivity contribution in [3.8, 4) is 11.5 Å². The maximum absolute atomic E-state index is 14.8. The summed E-state index contributed by atoms with van der Waals surface area (Å²) in [6.07, 6.45) is 2.24. The number of hydrogen-bond acceptors (Lipinski definition) is 6. The first-order valence-electron chi connectivity index (χ1n) is 14.0. The van der Waals surface area contributed by atoms with Crippen LogP contribution in [-0.2, 0) is 9.59 Å². The molecule has 41 heavy (non-hydrogen) atoms. The molecule has 5 rings (SSSR count). The highest BCUT2D eigenvalue weighted by molar-refractivity contribution is 5.93. The van der Waals surface area contributed by atoms with Crippen LogP contribution in [0.1, 0.15) is 55.5 Å². The number of para-hydroxylation sites is 1. The number of likely N-dealkylation sites (tertiary alicyclic amines) is 1. The zero-order valence-electron chi connectivity index (χ0n) is 23.5. The fraction of sp³-hybridized carbons (Fsp3) is 0.387. The summed E-state index contributed by atoms with van der Waals surface area (Å²) in [5, 5.41) is 9.32. The largest absolute Gasteiger partial charge is 0.457 e. The maximum Gasteiger partial charge on any atom is 0.248 e. The van der Waals surface area contributed by atoms with E-state index in [0.29, 0.717) is 48.8 Å². The number of hydrogen-bond donors (Lipinski definition) is 4. The summed E-state index contributed by atoms with van der Waals surface area (Å²) in [5.41, 5.74) is 7.02. The van der Waals surface area contributed by atoms with E-state index >= 15 is 0 Å². The number of likely N-dealkylation sites (N-methyl/N-ethyl adjacent to an activating group) is 1. The fourth-order valence-corrected chi connectivity index (χ4v) is 6.37. The van der Waals surface area contributed by atoms with Crippen molar-refractivity contribution < 1.29 is 23.5 Å². The smallest absolute Gasteiger partial charge is 0.248 e. The van der Waals surface area contributed by atoms with Crippen LogP contribution in [0.15, 0.2) is 71.8 Å². The number of amides is 3. The zero-order valence-corrected chi connectivity index (χ0v) is 23.5. The third kappa shape index (κ3) is 5.44. The molecular formula is C31H36FN5O4. The highest BCUT2D eigenvalue weighted by Gasteiger charge is 2.56. The van der Waals surface area contributed by atoms with E-state index < -0.39 is 11.4 Å². The molecule has 2 fully saturated rings. The van der Waals surface area contributed by atoms with Gasteiger partial charge in [-0.2, -0.15) is 0 Å². The van der Waals surface area contributed by atoms with Crippen molar-refractivity contribution >= 4 is 17.7 Å². The number of benzene rings is 2. The Morgan fingerprint density at radius 1 is 1.20 bits per heavy atom. The number of nitrogens with two attached hydrogens (primary N) is 1. The van der Waals surface area contributed by atoms with Crippen LogP contribution in [0.25, 0.3) is 0 Å². The van der Waals surface area contributed by atoms with Gasteiger partial charge in [0.1, 0.15) is 22.9 Å². The number of allylic oxidation sites excluding steroid dienone is 2. The van der Waals surface area contributed by atoms with Crippen LogP contribution < -0.4 is 26.4 Å². The van der Waals surface area contributed by atoms with Gasteiger partial charge in [-0.15, -0.1) is 0 Å². The van der Waals surface area contributed by atoms with Crippen molar-refractivity contribution in [1.82, 2.24) is 20.9 Å². The normalized spacial score (nSPS) is 26.1. The van der Waals surface area contributed by atoms with Gasteiger partial charge in [-0.25, -0.2) is 4.39 Å². The predicted octanol–water partition coefficient (Wildman–Crippen LogP) is 3.45. The van der Waals surface area contributed by atoms with E-state index in [1.165, 1.54) is 13.0 Å². The summed E-state index contributed by atoms with van der Waals surface area (Å²) in [7, 11) is 0. The first kappa shape index (κ1) is 28.4. The van der Waals surface area contributed by atoms with E-state index in [-0.39, 0.29) is 41.9 Å². The Bertz CT molecular complexity index is 1420. The molecule has 0 radical (unpaired) electrons. The van der Waals surface area contributed by atoms with Crippen molar-refractivity contribution in [2.75, 3.05) is 19.6 Å². The SMILES string of the molecule is CCNC1=C2NC(=O)C(C)(N3CC[C@H](c4ccccc4Oc4ccc(C(N)=O)cc4)[C@@H](NC(C)=O)C3)C2CC(F)=C1. The van der Waals surface area contributed by atoms with Crippen LogP contribution in [0.3, 0.4) is 0 Å². The summed E-state index contributed by atoms with van der Waals surface area (Å²) in [6, 6.07) is 13.9. The second-order valence-electron chi connectivity index (χ2n) is 11.0. The molecular weight excluding hydrogens is 525 g/mol. The minimum absolute atomic E-state index is 0.0976. The highest BCUT2D eigenvalue weighted by Crippen LogP contribution is 2.46. The number of ether oxygens (including phenoxy) is 1. The first-order valence-corrected chi connectivity index (χ1v) is 14.0. The fourth-order valence-electron chi connectivity index (χ4n) is 6.37. The summed E-state index contributed by atoms with van der Waals surface area (Å²) in [4.78, 5) is 39.4. The monoisotopic (exact) mass is 561 g/mol. The molecule has 0 aromatic heterocycles. The van der Waals surface area contributed by atoms with Crippen LogP contribution in [0.5, 0.6) is 11.5 Å². The molecule has 0 saturated carbocycles. The van der Waals surface area contributed by atoms with Crippen LogP contribution in [-0.4, -0.2) is 53.8 Å². The van der Waals surface area contributed by atoms with E-state index in [1.54, 1.807) is 24.3 Å². The molecule has 4 atom stereocenters. The lowest BCUT2D eigenvalue weighted by Crippen LogP contribution is -2.62. The predicted molar refractivity (Wildman–Crippen MR) is 153 cm³/mol. The summed E-state index contributed by atoms with van der Waals surface area (Å²) in [6.45, 7) is 6.86. The van der Waals surface area contributed by atoms with Crippen molar-refractivity contribution in [3.63, 3.8) is 0 Å². The summed E-state index contributed by atoms with van der Waals surface area (Å²) in [5.74, 6) is -0.404. The molecule has 2 unspecified atom stereocenters. The van der Waals surface area contributed by atoms with Crippen LogP contribution in [0, 0.1) is 5.92 Å². The Kier molecular flexibility index (Phi) is 7.86. The Labute approximate surface area is 239 Å². The van der Waals surface area contributed by atoms with Gasteiger partial charge in [0.25, 0.3) is 0 Å². The first-order chi connectivity index (χ1) is 19.6. The number of carbonyl (C=O) groups is 3. The van der Waals surface area contributed by atoms with Crippen molar-refractivity contribution in [2.24, 2.45) is 11.7 Å². The van der Waals surface area contributed by atoms with Crippen molar-refractivity contribution in [1.29, 1.82) is 0 Å². The maximum atomic E-state index is 14.8. The van der Waals surface area contributed by atoms with Gasteiger partial charge in [0.15, 0.2) is 0 Å². The molecule has 2 aromatic carbocycles. The number of nitrogens with zero attached hydrogens (tertiary/aromatic N) is 1. The van der Waals surface area contributed by atoms with Gasteiger partial charge in [-0.05, 0) is 63.2 Å². The minimum atomic E-state index is -0.985. The van der Waals surface area contributed by atoms with Gasteiger partial charge in [-0.3, -0.25) is 19.3 Å². The Morgan fingerprint density at radius 3 is 2.61 bits per heavy atom. The van der Waals surface area contributed by atoms with Crippen LogP contribution in [0.2, 0.25) is 0 Å². The number of carbonyl (C=O) groups excluding carboxylic acids is 3. The molecule has 9 nitrogen and oxygen atoms in total. The number of nitrogens with one attached hydrogen (secondary N) is 3. The van der Waals surface area contributed by atoms with E-state index in [0.717, 1.165) is 11.3 Å². The second kappa shape index (κ2) is 11.4. The molecule has 5 N–H and O–H groups in total. The van der Waals surface area contributed by atoms with Crippen molar-refractivity contribution in [2.45, 2.75) is 51.1 Å². The van der Waals surface area contributed by atoms with Crippen LogP contribution in [0.4, 0.5) is 4.39 Å². The Hall–Kier alpha value is -4.18. The van der Waals surface area contributed by atoms with Gasteiger partial charge in [0.2, 0.25) is 17.7 Å². The van der Waals surface area contributed by atoms with Gasteiger partial charge < -0.3 is 26.4 Å². The van der Waals surface area contributed by atoms with Gasteiger partial charge >= 0.3 is 0 Å². The molecule has 10 heteroatoms. The highest BCUT2D eigenvalue weighted by atomic mass is 19.1. The summed E-state index contributed by atoms with van der Waals surface area (Å²) >= 11 is 0. The van der Waals surface area contributed by atoms with Gasteiger partial charge in [-0.1, -0.05) is 18.2 Å². The number of rotatable bonds is 8. The average Bonchev–Trinajstić information content (AvgIpc) is 3.20. The molecule has 0 bridgehead atoms. The standard InChI is InChI=1S/C31H36FN5O4/c1-4-34-25-16-20(32)15-24-28(25)36-30(40)31(24,3)37-14-13-22(26(17-37)35-18(2)38)23-7-5-6-8-27(23)41-21-11-9-19(10-12-21)29(33)39/h5-12,16,22,24,26,34H,4,13-15,17H2,1-3H3,(H2,33,39)(H,35,38)(H,36,40)/t22-,24?,26+,31?/m1/s1. The minimum Gasteiger partial charge on any atom is -0.457 e. The number of fused-ring (bicyclic) bond motifs is 1. The Balaban J connectivity index is 1.42. The topological polar surface area (TPSA) is 126 Å². The number of piperidine rings is 1. The molecule has 3 aliphatic rings. The van der Waals surface area contributed by atoms with E-state index in [9.17, 15) is 18.8 Å². The lowest BCUT2D eigenvalue weighted by Gasteiger charge is -2.47. The molecule has 2 saturated heterocycles. The molecule has 2 aliphatic heterocycles. The van der Waals surface area contributed by atoms with Gasteiger partial charge in [0, 0.05) is 61.1 Å². The molecule has 2 aromatic rings. The lowest BCUT2D eigenvalue weighted by atomic mass is 9.76.